The second kappa shape index (κ2) is 6.72. The fourth-order valence-electron chi connectivity index (χ4n) is 1.50. The monoisotopic (exact) mass is 212 g/mol. The lowest BCUT2D eigenvalue weighted by molar-refractivity contribution is -0.117. The molecule has 88 valence electrons. The molecule has 2 N–H and O–H groups in total. The van der Waals surface area contributed by atoms with Gasteiger partial charge in [-0.2, -0.15) is 0 Å². The molecule has 15 heavy (non-hydrogen) atoms. The topological polar surface area (TPSA) is 53.0 Å². The van der Waals surface area contributed by atoms with Crippen molar-refractivity contribution in [2.45, 2.75) is 58.9 Å². The minimum atomic E-state index is -0.585. The number of carbonyl (C=O) groups excluding carboxylic acids is 1. The molecule has 0 heterocycles. The molecule has 0 aromatic heterocycles. The molecular weight excluding hydrogens is 188 g/mol. The maximum absolute atomic E-state index is 11.6. The highest BCUT2D eigenvalue weighted by Gasteiger charge is 2.27. The van der Waals surface area contributed by atoms with Crippen LogP contribution in [0.15, 0.2) is 0 Å². The average molecular weight is 212 g/mol. The third-order valence-corrected chi connectivity index (χ3v) is 2.51. The van der Waals surface area contributed by atoms with E-state index in [-0.39, 0.29) is 11.5 Å². The van der Waals surface area contributed by atoms with E-state index in [1.165, 1.54) is 19.3 Å². The van der Waals surface area contributed by atoms with E-state index in [0.29, 0.717) is 0 Å². The van der Waals surface area contributed by atoms with E-state index in [1.54, 1.807) is 6.92 Å². The number of ketones is 1. The Morgan fingerprint density at radius 2 is 1.87 bits per heavy atom. The fraction of sp³-hybridized carbons (Fsp3) is 0.833. The molecule has 0 aliphatic carbocycles. The summed E-state index contributed by atoms with van der Waals surface area (Å²) in [5.74, 6) is -0.113. The summed E-state index contributed by atoms with van der Waals surface area (Å²) in [6.45, 7) is 8.26. The smallest absolute Gasteiger partial charge is 0.195 e. The zero-order valence-corrected chi connectivity index (χ0v) is 10.4. The van der Waals surface area contributed by atoms with Crippen molar-refractivity contribution < 1.29 is 4.79 Å². The van der Waals surface area contributed by atoms with Crippen molar-refractivity contribution in [3.05, 3.63) is 0 Å². The molecule has 0 aromatic rings. The van der Waals surface area contributed by atoms with Crippen molar-refractivity contribution in [1.82, 2.24) is 5.32 Å². The summed E-state index contributed by atoms with van der Waals surface area (Å²) in [5.41, 5.74) is -0.459. The summed E-state index contributed by atoms with van der Waals surface area (Å²) >= 11 is 0. The number of rotatable bonds is 8. The van der Waals surface area contributed by atoms with Gasteiger partial charge in [0.25, 0.3) is 0 Å². The molecule has 0 saturated carbocycles. The number of carbonyl (C=O) groups is 1. The van der Waals surface area contributed by atoms with E-state index >= 15 is 0 Å². The van der Waals surface area contributed by atoms with Gasteiger partial charge in [-0.1, -0.05) is 26.2 Å². The second-order valence-corrected chi connectivity index (χ2v) is 4.57. The van der Waals surface area contributed by atoms with Crippen molar-refractivity contribution >= 4 is 11.5 Å². The van der Waals surface area contributed by atoms with Crippen LogP contribution in [0.2, 0.25) is 0 Å². The third kappa shape index (κ3) is 5.67. The summed E-state index contributed by atoms with van der Waals surface area (Å²) in [6.07, 6.45) is 4.78. The lowest BCUT2D eigenvalue weighted by atomic mass is 9.96. The Balaban J connectivity index is 3.84. The molecule has 0 amide bonds. The van der Waals surface area contributed by atoms with Crippen LogP contribution < -0.4 is 5.32 Å². The van der Waals surface area contributed by atoms with Gasteiger partial charge in [0.2, 0.25) is 0 Å². The molecule has 0 saturated heterocycles. The second-order valence-electron chi connectivity index (χ2n) is 4.57. The van der Waals surface area contributed by atoms with Gasteiger partial charge in [-0.05, 0) is 33.7 Å². The summed E-state index contributed by atoms with van der Waals surface area (Å²) in [7, 11) is 0. The SMILES string of the molecule is CCCCCCNC(C)(C)C(=O)C(C)=N. The average Bonchev–Trinajstić information content (AvgIpc) is 2.16. The van der Waals surface area contributed by atoms with Crippen molar-refractivity contribution in [1.29, 1.82) is 5.41 Å². The zero-order chi connectivity index (χ0) is 11.9. The molecule has 0 aliphatic heterocycles. The predicted molar refractivity (Wildman–Crippen MR) is 64.6 cm³/mol. The molecule has 0 aliphatic rings. The number of Topliss-reactive ketones (excluding diaryl/α,β-unsaturated/α-hetero) is 1. The molecule has 0 atom stereocenters. The van der Waals surface area contributed by atoms with Gasteiger partial charge >= 0.3 is 0 Å². The van der Waals surface area contributed by atoms with E-state index in [0.717, 1.165) is 13.0 Å². The Hall–Kier alpha value is -0.700. The summed E-state index contributed by atoms with van der Waals surface area (Å²) in [5, 5.41) is 10.5. The largest absolute Gasteiger partial charge is 0.305 e. The quantitative estimate of drug-likeness (QED) is 0.480. The minimum Gasteiger partial charge on any atom is -0.305 e. The zero-order valence-electron chi connectivity index (χ0n) is 10.4. The van der Waals surface area contributed by atoms with Gasteiger partial charge in [-0.15, -0.1) is 0 Å². The highest BCUT2D eigenvalue weighted by molar-refractivity contribution is 6.40. The van der Waals surface area contributed by atoms with E-state index < -0.39 is 5.54 Å². The van der Waals surface area contributed by atoms with Crippen LogP contribution in [-0.2, 0) is 4.79 Å². The normalized spacial score (nSPS) is 11.5. The first kappa shape index (κ1) is 14.3. The first-order valence-electron chi connectivity index (χ1n) is 5.76. The molecule has 0 rings (SSSR count). The standard InChI is InChI=1S/C12H24N2O/c1-5-6-7-8-9-14-12(3,4)11(15)10(2)13/h13-14H,5-9H2,1-4H3. The first-order chi connectivity index (χ1) is 6.91. The molecule has 0 bridgehead atoms. The molecular formula is C12H24N2O. The van der Waals surface area contributed by atoms with Crippen LogP contribution in [-0.4, -0.2) is 23.6 Å². The molecule has 3 heteroatoms. The number of hydrogen-bond donors (Lipinski definition) is 2. The van der Waals surface area contributed by atoms with Crippen LogP contribution in [0.1, 0.15) is 53.4 Å². The maximum Gasteiger partial charge on any atom is 0.195 e. The van der Waals surface area contributed by atoms with Crippen LogP contribution in [0.3, 0.4) is 0 Å². The van der Waals surface area contributed by atoms with Crippen LogP contribution >= 0.6 is 0 Å². The van der Waals surface area contributed by atoms with Gasteiger partial charge < -0.3 is 10.7 Å². The maximum atomic E-state index is 11.6. The molecule has 3 nitrogen and oxygen atoms in total. The first-order valence-corrected chi connectivity index (χ1v) is 5.76. The third-order valence-electron chi connectivity index (χ3n) is 2.51. The molecule has 0 radical (unpaired) electrons. The summed E-state index contributed by atoms with van der Waals surface area (Å²) < 4.78 is 0. The molecule has 0 unspecified atom stereocenters. The Morgan fingerprint density at radius 3 is 2.33 bits per heavy atom. The minimum absolute atomic E-state index is 0.113. The lowest BCUT2D eigenvalue weighted by Crippen LogP contribution is -2.49. The molecule has 0 spiro atoms. The van der Waals surface area contributed by atoms with Gasteiger partial charge in [0.1, 0.15) is 0 Å². The molecule has 0 aromatic carbocycles. The Bertz CT molecular complexity index is 222. The lowest BCUT2D eigenvalue weighted by Gasteiger charge is -2.24. The predicted octanol–water partition coefficient (Wildman–Crippen LogP) is 2.54. The van der Waals surface area contributed by atoms with E-state index in [4.69, 9.17) is 5.41 Å². The van der Waals surface area contributed by atoms with Gasteiger partial charge in [0, 0.05) is 0 Å². The van der Waals surface area contributed by atoms with Gasteiger partial charge in [-0.25, -0.2) is 0 Å². The summed E-state index contributed by atoms with van der Waals surface area (Å²) in [6, 6.07) is 0. The van der Waals surface area contributed by atoms with Crippen molar-refractivity contribution in [3.8, 4) is 0 Å². The number of hydrogen-bond acceptors (Lipinski definition) is 3. The Morgan fingerprint density at radius 1 is 1.27 bits per heavy atom. The highest BCUT2D eigenvalue weighted by Crippen LogP contribution is 2.06. The van der Waals surface area contributed by atoms with Gasteiger partial charge in [0.15, 0.2) is 5.78 Å². The van der Waals surface area contributed by atoms with Crippen LogP contribution in [0.4, 0.5) is 0 Å². The van der Waals surface area contributed by atoms with Gasteiger partial charge in [0.05, 0.1) is 11.3 Å². The highest BCUT2D eigenvalue weighted by atomic mass is 16.1. The Kier molecular flexibility index (Phi) is 6.41. The number of unbranched alkanes of at least 4 members (excludes halogenated alkanes) is 3. The van der Waals surface area contributed by atoms with Crippen molar-refractivity contribution in [2.75, 3.05) is 6.54 Å². The Labute approximate surface area is 93.2 Å². The fourth-order valence-corrected chi connectivity index (χ4v) is 1.50. The van der Waals surface area contributed by atoms with E-state index in [1.807, 2.05) is 13.8 Å². The van der Waals surface area contributed by atoms with Crippen LogP contribution in [0.5, 0.6) is 0 Å². The van der Waals surface area contributed by atoms with E-state index in [2.05, 4.69) is 12.2 Å². The van der Waals surface area contributed by atoms with Crippen LogP contribution in [0.25, 0.3) is 0 Å². The van der Waals surface area contributed by atoms with Crippen molar-refractivity contribution in [3.63, 3.8) is 0 Å². The summed E-state index contributed by atoms with van der Waals surface area (Å²) in [4.78, 5) is 11.6. The number of nitrogens with one attached hydrogen (secondary N) is 2. The van der Waals surface area contributed by atoms with E-state index in [9.17, 15) is 4.79 Å². The van der Waals surface area contributed by atoms with Crippen LogP contribution in [0, 0.1) is 5.41 Å². The van der Waals surface area contributed by atoms with Crippen molar-refractivity contribution in [2.24, 2.45) is 0 Å². The van der Waals surface area contributed by atoms with Gasteiger partial charge in [-0.3, -0.25) is 4.79 Å². The molecule has 0 fully saturated rings.